The molecular weight excluding hydrogens is 260 g/mol. The largest absolute Gasteiger partial charge is 0.308 e. The number of aromatic amines is 1. The fourth-order valence-electron chi connectivity index (χ4n) is 2.08. The van der Waals surface area contributed by atoms with Gasteiger partial charge in [-0.3, -0.25) is 9.48 Å². The SMILES string of the molecule is Cc1ccn(Cc2nc3sc(C)c(C)c3c(=O)[nH]2)n1. The zero-order valence-electron chi connectivity index (χ0n) is 11.0. The molecule has 0 bridgehead atoms. The van der Waals surface area contributed by atoms with Crippen LogP contribution in [-0.2, 0) is 6.54 Å². The third kappa shape index (κ3) is 2.08. The lowest BCUT2D eigenvalue weighted by molar-refractivity contribution is 0.650. The number of thiophene rings is 1. The average molecular weight is 274 g/mol. The molecule has 3 aromatic rings. The summed E-state index contributed by atoms with van der Waals surface area (Å²) in [5, 5.41) is 5.01. The van der Waals surface area contributed by atoms with E-state index >= 15 is 0 Å². The Morgan fingerprint density at radius 1 is 1.37 bits per heavy atom. The molecule has 5 nitrogen and oxygen atoms in total. The summed E-state index contributed by atoms with van der Waals surface area (Å²) in [4.78, 5) is 21.4. The minimum atomic E-state index is -0.0641. The lowest BCUT2D eigenvalue weighted by atomic mass is 10.2. The van der Waals surface area contributed by atoms with Crippen LogP contribution in [0.1, 0.15) is 22.0 Å². The minimum absolute atomic E-state index is 0.0641. The highest BCUT2D eigenvalue weighted by Crippen LogP contribution is 2.25. The van der Waals surface area contributed by atoms with Crippen molar-refractivity contribution in [3.63, 3.8) is 0 Å². The second kappa shape index (κ2) is 4.31. The van der Waals surface area contributed by atoms with Crippen LogP contribution in [0.15, 0.2) is 17.1 Å². The van der Waals surface area contributed by atoms with Gasteiger partial charge in [0.2, 0.25) is 0 Å². The van der Waals surface area contributed by atoms with Crippen LogP contribution >= 0.6 is 11.3 Å². The van der Waals surface area contributed by atoms with Crippen LogP contribution in [0.2, 0.25) is 0 Å². The number of rotatable bonds is 2. The molecule has 3 aromatic heterocycles. The summed E-state index contributed by atoms with van der Waals surface area (Å²) in [6, 6.07) is 1.93. The van der Waals surface area contributed by atoms with Gasteiger partial charge in [-0.1, -0.05) is 0 Å². The van der Waals surface area contributed by atoms with Gasteiger partial charge in [-0.25, -0.2) is 4.98 Å². The number of nitrogens with zero attached hydrogens (tertiary/aromatic N) is 3. The lowest BCUT2D eigenvalue weighted by Crippen LogP contribution is -2.14. The quantitative estimate of drug-likeness (QED) is 0.779. The van der Waals surface area contributed by atoms with Crippen LogP contribution in [0.4, 0.5) is 0 Å². The Morgan fingerprint density at radius 3 is 2.84 bits per heavy atom. The number of aromatic nitrogens is 4. The molecule has 0 amide bonds. The molecule has 0 spiro atoms. The van der Waals surface area contributed by atoms with Crippen LogP contribution < -0.4 is 5.56 Å². The number of H-pyrrole nitrogens is 1. The van der Waals surface area contributed by atoms with Gasteiger partial charge < -0.3 is 4.98 Å². The summed E-state index contributed by atoms with van der Waals surface area (Å²) in [7, 11) is 0. The van der Waals surface area contributed by atoms with Crippen molar-refractivity contribution in [2.75, 3.05) is 0 Å². The normalized spacial score (nSPS) is 11.3. The summed E-state index contributed by atoms with van der Waals surface area (Å²) >= 11 is 1.56. The zero-order chi connectivity index (χ0) is 13.6. The summed E-state index contributed by atoms with van der Waals surface area (Å²) in [6.45, 7) is 6.39. The highest BCUT2D eigenvalue weighted by molar-refractivity contribution is 7.18. The van der Waals surface area contributed by atoms with E-state index in [1.807, 2.05) is 33.0 Å². The van der Waals surface area contributed by atoms with Gasteiger partial charge in [0.05, 0.1) is 17.6 Å². The number of fused-ring (bicyclic) bond motifs is 1. The topological polar surface area (TPSA) is 63.6 Å². The van der Waals surface area contributed by atoms with Crippen molar-refractivity contribution in [1.29, 1.82) is 0 Å². The van der Waals surface area contributed by atoms with Crippen molar-refractivity contribution in [2.24, 2.45) is 0 Å². The van der Waals surface area contributed by atoms with Gasteiger partial charge in [0.15, 0.2) is 0 Å². The molecule has 3 heterocycles. The number of hydrogen-bond donors (Lipinski definition) is 1. The molecule has 0 aliphatic rings. The summed E-state index contributed by atoms with van der Waals surface area (Å²) in [5.74, 6) is 0.641. The van der Waals surface area contributed by atoms with Crippen LogP contribution in [0.5, 0.6) is 0 Å². The molecule has 0 unspecified atom stereocenters. The average Bonchev–Trinajstić information content (AvgIpc) is 2.85. The van der Waals surface area contributed by atoms with Gasteiger partial charge in [-0.15, -0.1) is 11.3 Å². The predicted molar refractivity (Wildman–Crippen MR) is 75.8 cm³/mol. The Morgan fingerprint density at radius 2 is 2.16 bits per heavy atom. The molecule has 0 saturated heterocycles. The van der Waals surface area contributed by atoms with Crippen molar-refractivity contribution in [3.05, 3.63) is 44.6 Å². The maximum Gasteiger partial charge on any atom is 0.259 e. The Kier molecular flexibility index (Phi) is 2.74. The minimum Gasteiger partial charge on any atom is -0.308 e. The van der Waals surface area contributed by atoms with E-state index in [0.717, 1.165) is 21.0 Å². The molecular formula is C13H14N4OS. The van der Waals surface area contributed by atoms with Crippen LogP contribution in [0.3, 0.4) is 0 Å². The number of nitrogens with one attached hydrogen (secondary N) is 1. The maximum absolute atomic E-state index is 12.1. The first kappa shape index (κ1) is 12.1. The monoisotopic (exact) mass is 274 g/mol. The van der Waals surface area contributed by atoms with Gasteiger partial charge in [0, 0.05) is 11.1 Å². The Balaban J connectivity index is 2.08. The fraction of sp³-hybridized carbons (Fsp3) is 0.308. The molecule has 0 saturated carbocycles. The van der Waals surface area contributed by atoms with Gasteiger partial charge in [0.1, 0.15) is 10.7 Å². The first-order chi connectivity index (χ1) is 9.04. The van der Waals surface area contributed by atoms with Crippen molar-refractivity contribution in [1.82, 2.24) is 19.7 Å². The number of aryl methyl sites for hydroxylation is 3. The fourth-order valence-corrected chi connectivity index (χ4v) is 3.13. The van der Waals surface area contributed by atoms with E-state index in [9.17, 15) is 4.79 Å². The van der Waals surface area contributed by atoms with E-state index < -0.39 is 0 Å². The van der Waals surface area contributed by atoms with Crippen molar-refractivity contribution >= 4 is 21.6 Å². The third-order valence-electron chi connectivity index (χ3n) is 3.17. The second-order valence-electron chi connectivity index (χ2n) is 4.63. The molecule has 0 aromatic carbocycles. The Hall–Kier alpha value is -1.95. The van der Waals surface area contributed by atoms with Crippen LogP contribution in [-0.4, -0.2) is 19.7 Å². The van der Waals surface area contributed by atoms with E-state index in [0.29, 0.717) is 17.8 Å². The van der Waals surface area contributed by atoms with E-state index in [-0.39, 0.29) is 5.56 Å². The Bertz CT molecular complexity index is 812. The maximum atomic E-state index is 12.1. The molecule has 6 heteroatoms. The smallest absolute Gasteiger partial charge is 0.259 e. The highest BCUT2D eigenvalue weighted by Gasteiger charge is 2.12. The van der Waals surface area contributed by atoms with Crippen molar-refractivity contribution in [2.45, 2.75) is 27.3 Å². The third-order valence-corrected chi connectivity index (χ3v) is 4.28. The zero-order valence-corrected chi connectivity index (χ0v) is 11.8. The molecule has 0 fully saturated rings. The van der Waals surface area contributed by atoms with E-state index in [1.54, 1.807) is 16.0 Å². The molecule has 0 aliphatic heterocycles. The second-order valence-corrected chi connectivity index (χ2v) is 5.83. The summed E-state index contributed by atoms with van der Waals surface area (Å²) < 4.78 is 1.77. The van der Waals surface area contributed by atoms with E-state index in [1.165, 1.54) is 0 Å². The molecule has 98 valence electrons. The van der Waals surface area contributed by atoms with Crippen molar-refractivity contribution in [3.8, 4) is 0 Å². The molecule has 1 N–H and O–H groups in total. The van der Waals surface area contributed by atoms with Gasteiger partial charge in [0.25, 0.3) is 5.56 Å². The first-order valence-corrected chi connectivity index (χ1v) is 6.85. The van der Waals surface area contributed by atoms with E-state index in [2.05, 4.69) is 15.1 Å². The predicted octanol–water partition coefficient (Wildman–Crippen LogP) is 2.15. The van der Waals surface area contributed by atoms with Crippen molar-refractivity contribution < 1.29 is 0 Å². The number of hydrogen-bond acceptors (Lipinski definition) is 4. The standard InChI is InChI=1S/C13H14N4OS/c1-7-4-5-17(16-7)6-10-14-12(18)11-8(2)9(3)19-13(11)15-10/h4-5H,6H2,1-3H3,(H,14,15,18). The van der Waals surface area contributed by atoms with E-state index in [4.69, 9.17) is 0 Å². The van der Waals surface area contributed by atoms with Crippen LogP contribution in [0.25, 0.3) is 10.2 Å². The molecule has 0 aliphatic carbocycles. The van der Waals surface area contributed by atoms with Gasteiger partial charge in [-0.05, 0) is 32.4 Å². The molecule has 0 atom stereocenters. The Labute approximate surface area is 113 Å². The lowest BCUT2D eigenvalue weighted by Gasteiger charge is -2.01. The molecule has 19 heavy (non-hydrogen) atoms. The summed E-state index contributed by atoms with van der Waals surface area (Å²) in [6.07, 6.45) is 1.88. The first-order valence-electron chi connectivity index (χ1n) is 6.03. The van der Waals surface area contributed by atoms with Gasteiger partial charge >= 0.3 is 0 Å². The molecule has 0 radical (unpaired) electrons. The summed E-state index contributed by atoms with van der Waals surface area (Å²) in [5.41, 5.74) is 1.91. The molecule has 3 rings (SSSR count). The van der Waals surface area contributed by atoms with Crippen LogP contribution in [0, 0.1) is 20.8 Å². The highest BCUT2D eigenvalue weighted by atomic mass is 32.1. The van der Waals surface area contributed by atoms with Gasteiger partial charge in [-0.2, -0.15) is 5.10 Å².